The maximum Gasteiger partial charge on any atom is 0.442 e. The van der Waals surface area contributed by atoms with Crippen molar-refractivity contribution in [3.63, 3.8) is 0 Å². The van der Waals surface area contributed by atoms with E-state index in [1.807, 2.05) is 24.3 Å². The Labute approximate surface area is 527 Å². The number of aryl methyl sites for hydroxylation is 2. The van der Waals surface area contributed by atoms with Crippen LogP contribution in [0.15, 0.2) is 93.9 Å². The molecule has 0 spiro atoms. The molecule has 2 aliphatic rings. The Hall–Kier alpha value is -9.79. The molecule has 2 aromatic carbocycles. The van der Waals surface area contributed by atoms with Crippen LogP contribution in [0.4, 0.5) is 21.9 Å². The van der Waals surface area contributed by atoms with Gasteiger partial charge in [-0.25, -0.2) is 19.6 Å². The number of carbonyl (C=O) groups is 6. The number of anilines is 4. The molecule has 4 aromatic heterocycles. The van der Waals surface area contributed by atoms with Gasteiger partial charge in [0, 0.05) is 57.3 Å². The average Bonchev–Trinajstić information content (AvgIpc) is 0.952. The fraction of sp³-hybridized carbons (Fsp3) is 0.370. The highest BCUT2D eigenvalue weighted by Gasteiger charge is 2.61. The number of hydroxylamine groups is 4. The fourth-order valence-corrected chi connectivity index (χ4v) is 10.8. The molecule has 0 aliphatic carbocycles. The number of nitrogens with one attached hydrogen (secondary N) is 4. The van der Waals surface area contributed by atoms with Gasteiger partial charge in [0.25, 0.3) is 35.8 Å². The van der Waals surface area contributed by atoms with Gasteiger partial charge in [-0.2, -0.15) is 18.5 Å². The van der Waals surface area contributed by atoms with Crippen LogP contribution in [-0.4, -0.2) is 171 Å². The third-order valence-corrected chi connectivity index (χ3v) is 15.8. The van der Waals surface area contributed by atoms with Crippen molar-refractivity contribution in [1.82, 2.24) is 40.9 Å². The number of nitrogen functional groups attached to an aromatic ring is 2. The highest BCUT2D eigenvalue weighted by molar-refractivity contribution is 7.81. The molecule has 4 atom stereocenters. The zero-order valence-electron chi connectivity index (χ0n) is 49.7. The molecule has 0 bridgehead atoms. The molecule has 2 saturated heterocycles. The van der Waals surface area contributed by atoms with E-state index < -0.39 is 106 Å². The number of benzene rings is 2. The summed E-state index contributed by atoms with van der Waals surface area (Å²) < 4.78 is 51.8. The van der Waals surface area contributed by atoms with Gasteiger partial charge in [0.15, 0.2) is 47.4 Å². The lowest BCUT2D eigenvalue weighted by atomic mass is 9.84. The standard InChI is InChI=1S/C54H64N18O16S3/c1-53(2)43(63-45(73)41(33-27-89-51(57)61-33)67-85-37(49(77)78)25-83-31-13-9-29(10-14-31)35-17-19-39(65-69(35)5)59-23-7-21-55)47(75)71(53)87-91(81,82)88-72-48(76)44(54(72,3)4)64-46(74)42(34-28-90-52(58)62-34)68-86-38(50(79)80)26-84-32-15-11-30(12-16-32)36-18-20-40(66-70(36)6)60-24-8-22-56/h9-20,27-28,37-38,43-44H,7-8,21-26,55-56H2,1-6H3,(H8-2,57,58,59,60,61,62,63,64,65,66,73,74,77,78,79,80)/p+2/b67-41-,68-42-/t37-,38-,43+,44+/m0/s1. The van der Waals surface area contributed by atoms with Gasteiger partial charge in [-0.15, -0.1) is 31.2 Å². The minimum Gasteiger partial charge on any atom is -0.489 e. The molecule has 2 aliphatic heterocycles. The van der Waals surface area contributed by atoms with Gasteiger partial charge >= 0.3 is 22.3 Å². The monoisotopic (exact) mass is 1320 g/mol. The predicted octanol–water partition coefficient (Wildman–Crippen LogP) is -0.416. The lowest BCUT2D eigenvalue weighted by Crippen LogP contribution is -2.78. The Balaban J connectivity index is 0.855. The Bertz CT molecular complexity index is 3610. The first kappa shape index (κ1) is 67.1. The zero-order chi connectivity index (χ0) is 66.0. The molecule has 14 N–H and O–H groups in total. The Morgan fingerprint density at radius 1 is 0.637 bits per heavy atom. The van der Waals surface area contributed by atoms with Gasteiger partial charge in [-0.3, -0.25) is 19.2 Å². The number of carboxylic acid groups (broad SMARTS) is 2. The van der Waals surface area contributed by atoms with Gasteiger partial charge in [-0.1, -0.05) is 19.7 Å². The number of carbonyl (C=O) groups excluding carboxylic acids is 4. The molecule has 6 heterocycles. The number of carboxylic acids is 2. The highest BCUT2D eigenvalue weighted by atomic mass is 32.3. The minimum absolute atomic E-state index is 0.0180. The number of aromatic nitrogens is 6. The summed E-state index contributed by atoms with van der Waals surface area (Å²) in [5, 5.41) is 51.2. The Kier molecular flexibility index (Phi) is 21.2. The summed E-state index contributed by atoms with van der Waals surface area (Å²) in [6.07, 6.45) is -2.04. The van der Waals surface area contributed by atoms with Gasteiger partial charge in [0.05, 0.1) is 11.1 Å². The van der Waals surface area contributed by atoms with Crippen molar-refractivity contribution >= 4 is 102 Å². The lowest BCUT2D eigenvalue weighted by molar-refractivity contribution is -0.719. The number of β-lactam (4-membered cyclic amide) rings is 2. The molecule has 2 fully saturated rings. The third kappa shape index (κ3) is 16.2. The summed E-state index contributed by atoms with van der Waals surface area (Å²) in [4.78, 5) is 98.5. The summed E-state index contributed by atoms with van der Waals surface area (Å²) in [5.74, 6) is -5.73. The van der Waals surface area contributed by atoms with Crippen molar-refractivity contribution in [2.45, 2.75) is 75.9 Å². The smallest absolute Gasteiger partial charge is 0.442 e. The normalized spacial score (nSPS) is 16.8. The Morgan fingerprint density at radius 2 is 1.01 bits per heavy atom. The molecule has 0 saturated carbocycles. The van der Waals surface area contributed by atoms with Crippen molar-refractivity contribution in [2.75, 3.05) is 61.5 Å². The number of ether oxygens (including phenoxy) is 2. The summed E-state index contributed by atoms with van der Waals surface area (Å²) >= 11 is 1.80. The van der Waals surface area contributed by atoms with E-state index in [0.717, 1.165) is 58.0 Å². The van der Waals surface area contributed by atoms with Crippen molar-refractivity contribution in [1.29, 1.82) is 0 Å². The van der Waals surface area contributed by atoms with E-state index in [0.29, 0.717) is 47.9 Å². The van der Waals surface area contributed by atoms with Crippen molar-refractivity contribution < 1.29 is 84.5 Å². The van der Waals surface area contributed by atoms with E-state index in [2.05, 4.69) is 51.7 Å². The molecule has 91 heavy (non-hydrogen) atoms. The number of oxime groups is 2. The van der Waals surface area contributed by atoms with Gasteiger partial charge in [-0.05, 0) is 114 Å². The molecular formula is C54H66N18O16S3+2. The second-order valence-corrected chi connectivity index (χ2v) is 24.0. The SMILES string of the molecule is C[n+]1nc(NCCCN)ccc1-c1ccc(OC[C@H](O/N=C(\C(=O)N[C@@H]2C(=O)N(OS(=O)(=O)ON3C(=O)[C@@H](NC(=O)/C(=N\O[C@@H](COc4ccc(-c5ccc(NCCCN)n[n+]5C)cc4)C(=O)O)c4csc(N)n4)C3(C)C)C2(C)C)c2csc(N)n2)C(=O)O)cc1. The molecule has 37 heteroatoms. The van der Waals surface area contributed by atoms with Crippen LogP contribution in [0.25, 0.3) is 22.5 Å². The Morgan fingerprint density at radius 3 is 1.32 bits per heavy atom. The van der Waals surface area contributed by atoms with Crippen molar-refractivity contribution in [2.24, 2.45) is 35.9 Å². The lowest BCUT2D eigenvalue weighted by Gasteiger charge is -2.52. The average molecular weight is 1320 g/mol. The first-order valence-corrected chi connectivity index (χ1v) is 30.7. The van der Waals surface area contributed by atoms with Crippen LogP contribution in [0, 0.1) is 0 Å². The van der Waals surface area contributed by atoms with Crippen LogP contribution in [0.3, 0.4) is 0 Å². The number of aliphatic carboxylic acids is 2. The number of amides is 4. The highest BCUT2D eigenvalue weighted by Crippen LogP contribution is 2.37. The second-order valence-electron chi connectivity index (χ2n) is 21.1. The van der Waals surface area contributed by atoms with Crippen LogP contribution in [0.5, 0.6) is 11.5 Å². The molecule has 6 aromatic rings. The number of hydrogen-bond acceptors (Lipinski definition) is 28. The molecule has 484 valence electrons. The number of thiazole rings is 2. The quantitative estimate of drug-likeness (QED) is 0.00843. The van der Waals surface area contributed by atoms with Crippen molar-refractivity contribution in [3.8, 4) is 34.0 Å². The molecule has 34 nitrogen and oxygen atoms in total. The summed E-state index contributed by atoms with van der Waals surface area (Å²) in [6, 6.07) is 17.7. The summed E-state index contributed by atoms with van der Waals surface area (Å²) in [7, 11) is -1.81. The van der Waals surface area contributed by atoms with Gasteiger partial charge in [0.2, 0.25) is 11.4 Å². The third-order valence-electron chi connectivity index (χ3n) is 13.8. The van der Waals surface area contributed by atoms with Gasteiger partial charge < -0.3 is 73.6 Å². The zero-order valence-corrected chi connectivity index (χ0v) is 52.1. The summed E-state index contributed by atoms with van der Waals surface area (Å²) in [5.41, 5.74) is 20.9. The fourth-order valence-electron chi connectivity index (χ4n) is 8.78. The van der Waals surface area contributed by atoms with E-state index in [-0.39, 0.29) is 33.1 Å². The molecular weight excluding hydrogens is 1250 g/mol. The van der Waals surface area contributed by atoms with Crippen molar-refractivity contribution in [3.05, 3.63) is 94.9 Å². The van der Waals surface area contributed by atoms with Crippen LogP contribution < -0.4 is 63.0 Å². The first-order chi connectivity index (χ1) is 43.2. The number of hydrogen-bond donors (Lipinski definition) is 10. The van der Waals surface area contributed by atoms with Crippen LogP contribution in [0.1, 0.15) is 51.9 Å². The van der Waals surface area contributed by atoms with E-state index in [9.17, 15) is 47.4 Å². The number of nitrogens with zero attached hydrogens (tertiary/aromatic N) is 10. The van der Waals surface area contributed by atoms with Gasteiger partial charge in [0.1, 0.15) is 48.2 Å². The largest absolute Gasteiger partial charge is 0.489 e. The maximum absolute atomic E-state index is 13.9. The number of nitrogens with two attached hydrogens (primary N) is 4. The van der Waals surface area contributed by atoms with Crippen LogP contribution in [-0.2, 0) is 71.5 Å². The first-order valence-electron chi connectivity index (χ1n) is 27.6. The topological polar surface area (TPSA) is 475 Å². The van der Waals surface area contributed by atoms with Crippen LogP contribution in [0.2, 0.25) is 0 Å². The van der Waals surface area contributed by atoms with Crippen LogP contribution >= 0.6 is 22.7 Å². The van der Waals surface area contributed by atoms with E-state index >= 15 is 0 Å². The van der Waals surface area contributed by atoms with E-state index in [1.165, 1.54) is 38.5 Å². The van der Waals surface area contributed by atoms with E-state index in [4.69, 9.17) is 50.7 Å². The molecule has 4 amide bonds. The molecule has 8 rings (SSSR count). The maximum atomic E-state index is 13.9. The predicted molar refractivity (Wildman–Crippen MR) is 325 cm³/mol. The van der Waals surface area contributed by atoms with E-state index in [1.54, 1.807) is 72.0 Å². The minimum atomic E-state index is -5.37. The summed E-state index contributed by atoms with van der Waals surface area (Å²) in [6.45, 7) is 6.44. The number of rotatable bonds is 32. The molecule has 0 unspecified atom stereocenters. The molecule has 0 radical (unpaired) electrons. The second kappa shape index (κ2) is 28.8.